The number of para-hydroxylation sites is 2. The molecule has 1 saturated heterocycles. The van der Waals surface area contributed by atoms with E-state index in [1.807, 2.05) is 31.2 Å². The fourth-order valence-electron chi connectivity index (χ4n) is 3.47. The molecule has 1 fully saturated rings. The van der Waals surface area contributed by atoms with E-state index in [4.69, 9.17) is 4.74 Å². The highest BCUT2D eigenvalue weighted by molar-refractivity contribution is 7.99. The number of rotatable bonds is 8. The van der Waals surface area contributed by atoms with E-state index in [9.17, 15) is 13.2 Å². The monoisotopic (exact) mass is 488 g/mol. The van der Waals surface area contributed by atoms with E-state index in [0.29, 0.717) is 36.3 Å². The zero-order chi connectivity index (χ0) is 23.3. The molecular formula is C21H24N6O4S2. The zero-order valence-corrected chi connectivity index (χ0v) is 19.7. The van der Waals surface area contributed by atoms with E-state index in [1.165, 1.54) is 16.1 Å². The zero-order valence-electron chi connectivity index (χ0n) is 18.1. The third-order valence-corrected chi connectivity index (χ3v) is 7.95. The van der Waals surface area contributed by atoms with Crippen LogP contribution in [0.25, 0.3) is 5.69 Å². The smallest absolute Gasteiger partial charge is 0.243 e. The maximum absolute atomic E-state index is 12.8. The number of tetrazole rings is 1. The van der Waals surface area contributed by atoms with Crippen LogP contribution in [0.3, 0.4) is 0 Å². The van der Waals surface area contributed by atoms with Crippen LogP contribution in [-0.2, 0) is 14.8 Å². The first kappa shape index (κ1) is 23.2. The molecule has 1 aromatic heterocycles. The van der Waals surface area contributed by atoms with Crippen LogP contribution in [-0.4, -0.2) is 82.3 Å². The van der Waals surface area contributed by atoms with Gasteiger partial charge in [-0.25, -0.2) is 8.42 Å². The van der Waals surface area contributed by atoms with Crippen molar-refractivity contribution in [3.63, 3.8) is 0 Å². The van der Waals surface area contributed by atoms with Gasteiger partial charge in [0.05, 0.1) is 17.3 Å². The quantitative estimate of drug-likeness (QED) is 0.441. The normalized spacial score (nSPS) is 14.9. The van der Waals surface area contributed by atoms with Crippen molar-refractivity contribution in [2.75, 3.05) is 38.5 Å². The van der Waals surface area contributed by atoms with Crippen LogP contribution in [0.5, 0.6) is 5.75 Å². The Morgan fingerprint density at radius 1 is 1.03 bits per heavy atom. The van der Waals surface area contributed by atoms with Crippen molar-refractivity contribution >= 4 is 27.7 Å². The number of benzene rings is 2. The van der Waals surface area contributed by atoms with Gasteiger partial charge in [0.2, 0.25) is 21.1 Å². The summed E-state index contributed by atoms with van der Waals surface area (Å²) < 4.78 is 34.2. The molecule has 0 radical (unpaired) electrons. The van der Waals surface area contributed by atoms with Crippen LogP contribution < -0.4 is 4.74 Å². The summed E-state index contributed by atoms with van der Waals surface area (Å²) in [4.78, 5) is 14.7. The maximum atomic E-state index is 12.8. The molecule has 1 aliphatic rings. The van der Waals surface area contributed by atoms with Crippen molar-refractivity contribution in [2.45, 2.75) is 17.0 Å². The van der Waals surface area contributed by atoms with Crippen LogP contribution >= 0.6 is 11.8 Å². The number of hydrogen-bond acceptors (Lipinski definition) is 8. The summed E-state index contributed by atoms with van der Waals surface area (Å²) in [6, 6.07) is 15.8. The third kappa shape index (κ3) is 5.18. The number of carbonyl (C=O) groups is 1. The van der Waals surface area contributed by atoms with E-state index < -0.39 is 10.0 Å². The standard InChI is InChI=1S/C21H24N6O4S2/c1-2-31-19-11-7-6-10-18(19)27-21(22-23-24-27)32-16-20(28)25-12-14-26(15-13-25)33(29,30)17-8-4-3-5-9-17/h3-11H,2,12-16H2,1H3. The lowest BCUT2D eigenvalue weighted by atomic mass is 10.3. The summed E-state index contributed by atoms with van der Waals surface area (Å²) in [7, 11) is -3.56. The van der Waals surface area contributed by atoms with E-state index in [-0.39, 0.29) is 29.6 Å². The summed E-state index contributed by atoms with van der Waals surface area (Å²) >= 11 is 1.23. The van der Waals surface area contributed by atoms with Gasteiger partial charge in [-0.15, -0.1) is 5.10 Å². The Labute approximate surface area is 196 Å². The molecule has 0 unspecified atom stereocenters. The Balaban J connectivity index is 1.36. The lowest BCUT2D eigenvalue weighted by molar-refractivity contribution is -0.129. The Kier molecular flexibility index (Phi) is 7.26. The number of ether oxygens (including phenoxy) is 1. The number of amides is 1. The van der Waals surface area contributed by atoms with Gasteiger partial charge < -0.3 is 9.64 Å². The molecule has 1 aliphatic heterocycles. The van der Waals surface area contributed by atoms with Gasteiger partial charge in [-0.05, 0) is 41.6 Å². The Morgan fingerprint density at radius 2 is 1.73 bits per heavy atom. The van der Waals surface area contributed by atoms with Crippen LogP contribution in [0, 0.1) is 0 Å². The Morgan fingerprint density at radius 3 is 2.45 bits per heavy atom. The summed E-state index contributed by atoms with van der Waals surface area (Å²) in [6.45, 7) is 3.59. The molecule has 12 heteroatoms. The first-order valence-corrected chi connectivity index (χ1v) is 12.9. The van der Waals surface area contributed by atoms with Crippen LogP contribution in [0.2, 0.25) is 0 Å². The average Bonchev–Trinajstić information content (AvgIpc) is 3.32. The number of carbonyl (C=O) groups excluding carboxylic acids is 1. The van der Waals surface area contributed by atoms with Gasteiger partial charge in [-0.3, -0.25) is 4.79 Å². The number of hydrogen-bond donors (Lipinski definition) is 0. The van der Waals surface area contributed by atoms with Gasteiger partial charge in [0.1, 0.15) is 11.4 Å². The molecule has 174 valence electrons. The van der Waals surface area contributed by atoms with Crippen molar-refractivity contribution in [3.05, 3.63) is 54.6 Å². The molecule has 0 N–H and O–H groups in total. The molecule has 4 rings (SSSR count). The molecule has 0 aliphatic carbocycles. The molecule has 2 heterocycles. The van der Waals surface area contributed by atoms with E-state index >= 15 is 0 Å². The highest BCUT2D eigenvalue weighted by atomic mass is 32.2. The molecule has 0 atom stereocenters. The summed E-state index contributed by atoms with van der Waals surface area (Å²) in [5, 5.41) is 12.3. The minimum Gasteiger partial charge on any atom is -0.492 e. The molecule has 0 saturated carbocycles. The molecular weight excluding hydrogens is 464 g/mol. The van der Waals surface area contributed by atoms with E-state index in [0.717, 1.165) is 0 Å². The maximum Gasteiger partial charge on any atom is 0.243 e. The number of aromatic nitrogens is 4. The number of nitrogens with zero attached hydrogens (tertiary/aromatic N) is 6. The minimum absolute atomic E-state index is 0.0931. The summed E-state index contributed by atoms with van der Waals surface area (Å²) in [5.74, 6) is 0.698. The molecule has 0 bridgehead atoms. The minimum atomic E-state index is -3.56. The second-order valence-electron chi connectivity index (χ2n) is 7.16. The highest BCUT2D eigenvalue weighted by Crippen LogP contribution is 2.26. The van der Waals surface area contributed by atoms with Gasteiger partial charge in [-0.2, -0.15) is 8.99 Å². The summed E-state index contributed by atoms with van der Waals surface area (Å²) in [6.07, 6.45) is 0. The SMILES string of the molecule is CCOc1ccccc1-n1nnnc1SCC(=O)N1CCN(S(=O)(=O)c2ccccc2)CC1. The summed E-state index contributed by atoms with van der Waals surface area (Å²) in [5.41, 5.74) is 0.694. The number of thioether (sulfide) groups is 1. The first-order valence-electron chi connectivity index (χ1n) is 10.5. The fourth-order valence-corrected chi connectivity index (χ4v) is 5.70. The van der Waals surface area contributed by atoms with Crippen LogP contribution in [0.15, 0.2) is 64.6 Å². The van der Waals surface area contributed by atoms with Crippen molar-refractivity contribution in [1.82, 2.24) is 29.4 Å². The van der Waals surface area contributed by atoms with Crippen molar-refractivity contribution in [1.29, 1.82) is 0 Å². The Hall–Kier alpha value is -2.96. The molecule has 10 nitrogen and oxygen atoms in total. The fraction of sp³-hybridized carbons (Fsp3) is 0.333. The van der Waals surface area contributed by atoms with Crippen LogP contribution in [0.4, 0.5) is 0 Å². The van der Waals surface area contributed by atoms with Gasteiger partial charge in [0, 0.05) is 26.2 Å². The molecule has 2 aromatic carbocycles. The third-order valence-electron chi connectivity index (χ3n) is 5.13. The second-order valence-corrected chi connectivity index (χ2v) is 10.0. The topological polar surface area (TPSA) is 111 Å². The number of piperazine rings is 1. The van der Waals surface area contributed by atoms with Gasteiger partial charge in [0.15, 0.2) is 0 Å². The van der Waals surface area contributed by atoms with Crippen LogP contribution in [0.1, 0.15) is 6.92 Å². The molecule has 1 amide bonds. The van der Waals surface area contributed by atoms with E-state index in [2.05, 4.69) is 15.5 Å². The molecule has 3 aromatic rings. The highest BCUT2D eigenvalue weighted by Gasteiger charge is 2.30. The predicted octanol–water partition coefficient (Wildman–Crippen LogP) is 1.69. The van der Waals surface area contributed by atoms with Crippen molar-refractivity contribution < 1.29 is 17.9 Å². The molecule has 33 heavy (non-hydrogen) atoms. The number of sulfonamides is 1. The lowest BCUT2D eigenvalue weighted by Crippen LogP contribution is -2.50. The first-order chi connectivity index (χ1) is 16.0. The van der Waals surface area contributed by atoms with Gasteiger partial charge >= 0.3 is 0 Å². The largest absolute Gasteiger partial charge is 0.492 e. The van der Waals surface area contributed by atoms with E-state index in [1.54, 1.807) is 39.9 Å². The predicted molar refractivity (Wildman–Crippen MR) is 123 cm³/mol. The second kappa shape index (κ2) is 10.3. The van der Waals surface area contributed by atoms with Crippen molar-refractivity contribution in [3.8, 4) is 11.4 Å². The van der Waals surface area contributed by atoms with Gasteiger partial charge in [-0.1, -0.05) is 42.1 Å². The molecule has 0 spiro atoms. The lowest BCUT2D eigenvalue weighted by Gasteiger charge is -2.34. The van der Waals surface area contributed by atoms with Gasteiger partial charge in [0.25, 0.3) is 0 Å². The van der Waals surface area contributed by atoms with Crippen molar-refractivity contribution in [2.24, 2.45) is 0 Å². The average molecular weight is 489 g/mol. The Bertz CT molecular complexity index is 1190.